The van der Waals surface area contributed by atoms with E-state index in [1.165, 1.54) is 17.1 Å². The first-order valence-electron chi connectivity index (χ1n) is 9.49. The molecule has 0 radical (unpaired) electrons. The normalized spacial score (nSPS) is 19.8. The number of rotatable bonds is 4. The van der Waals surface area contributed by atoms with Gasteiger partial charge >= 0.3 is 6.09 Å². The lowest BCUT2D eigenvalue weighted by molar-refractivity contribution is -0.385. The Morgan fingerprint density at radius 2 is 2.14 bits per heavy atom. The van der Waals surface area contributed by atoms with E-state index < -0.39 is 17.1 Å². The first kappa shape index (κ1) is 18.9. The Labute approximate surface area is 167 Å². The molecule has 0 bridgehead atoms. The summed E-state index contributed by atoms with van der Waals surface area (Å²) in [7, 11) is 1.63. The second-order valence-electron chi connectivity index (χ2n) is 6.99. The first-order valence-corrected chi connectivity index (χ1v) is 9.49. The van der Waals surface area contributed by atoms with Crippen LogP contribution in [-0.2, 0) is 11.2 Å². The van der Waals surface area contributed by atoms with Crippen molar-refractivity contribution < 1.29 is 19.2 Å². The second kappa shape index (κ2) is 7.54. The summed E-state index contributed by atoms with van der Waals surface area (Å²) >= 11 is 0. The van der Waals surface area contributed by atoms with Crippen LogP contribution in [0.3, 0.4) is 0 Å². The fourth-order valence-electron chi connectivity index (χ4n) is 4.13. The molecule has 4 rings (SSSR count). The third kappa shape index (κ3) is 3.30. The Morgan fingerprint density at radius 1 is 1.31 bits per heavy atom. The predicted molar refractivity (Wildman–Crippen MR) is 106 cm³/mol. The van der Waals surface area contributed by atoms with Crippen LogP contribution >= 0.6 is 0 Å². The number of carbonyl (C=O) groups is 1. The van der Waals surface area contributed by atoms with Crippen LogP contribution in [0.15, 0.2) is 47.6 Å². The molecule has 0 N–H and O–H groups in total. The summed E-state index contributed by atoms with van der Waals surface area (Å²) in [6.07, 6.45) is 1.02. The molecule has 1 heterocycles. The number of amides is 1. The number of hydrogen-bond acceptors (Lipinski definition) is 6. The molecule has 29 heavy (non-hydrogen) atoms. The summed E-state index contributed by atoms with van der Waals surface area (Å²) in [5.74, 6) is 0.709. The van der Waals surface area contributed by atoms with Crippen molar-refractivity contribution in [2.45, 2.75) is 25.8 Å². The quantitative estimate of drug-likeness (QED) is 0.574. The SMILES string of the molecule is CCOC(=O)N1N=C2c3ccc(OC)cc3CCC2C1c1cccc([N+](=O)[O-])c1. The molecular weight excluding hydrogens is 374 g/mol. The lowest BCUT2D eigenvalue weighted by Gasteiger charge is -2.29. The molecule has 2 unspecified atom stereocenters. The van der Waals surface area contributed by atoms with Crippen molar-refractivity contribution in [2.75, 3.05) is 13.7 Å². The molecule has 0 spiro atoms. The van der Waals surface area contributed by atoms with E-state index in [2.05, 4.69) is 5.10 Å². The summed E-state index contributed by atoms with van der Waals surface area (Å²) in [5.41, 5.74) is 3.55. The number of non-ortho nitro benzene ring substituents is 1. The van der Waals surface area contributed by atoms with Crippen LogP contribution in [0.2, 0.25) is 0 Å². The molecule has 0 saturated heterocycles. The van der Waals surface area contributed by atoms with Crippen molar-refractivity contribution in [3.05, 3.63) is 69.3 Å². The molecule has 1 amide bonds. The van der Waals surface area contributed by atoms with Crippen LogP contribution < -0.4 is 4.74 Å². The summed E-state index contributed by atoms with van der Waals surface area (Å²) in [6, 6.07) is 11.8. The lowest BCUT2D eigenvalue weighted by atomic mass is 9.77. The number of fused-ring (bicyclic) bond motifs is 3. The molecule has 0 aromatic heterocycles. The number of hydrogen-bond donors (Lipinski definition) is 0. The summed E-state index contributed by atoms with van der Waals surface area (Å²) < 4.78 is 10.5. The molecule has 2 aliphatic rings. The molecule has 2 aromatic rings. The number of nitro benzene ring substituents is 1. The molecule has 8 heteroatoms. The van der Waals surface area contributed by atoms with Gasteiger partial charge in [-0.05, 0) is 49.1 Å². The highest BCUT2D eigenvalue weighted by molar-refractivity contribution is 6.06. The van der Waals surface area contributed by atoms with Crippen molar-refractivity contribution in [1.29, 1.82) is 0 Å². The van der Waals surface area contributed by atoms with Crippen LogP contribution in [-0.4, -0.2) is 35.5 Å². The van der Waals surface area contributed by atoms with Gasteiger partial charge in [-0.15, -0.1) is 0 Å². The minimum Gasteiger partial charge on any atom is -0.497 e. The maximum absolute atomic E-state index is 12.6. The molecule has 0 saturated carbocycles. The molecule has 2 atom stereocenters. The average Bonchev–Trinajstić information content (AvgIpc) is 3.13. The van der Waals surface area contributed by atoms with E-state index in [4.69, 9.17) is 9.47 Å². The monoisotopic (exact) mass is 395 g/mol. The van der Waals surface area contributed by atoms with Crippen LogP contribution in [0.5, 0.6) is 5.75 Å². The Morgan fingerprint density at radius 3 is 2.86 bits per heavy atom. The van der Waals surface area contributed by atoms with Crippen molar-refractivity contribution in [2.24, 2.45) is 11.0 Å². The van der Waals surface area contributed by atoms with E-state index in [1.54, 1.807) is 26.2 Å². The van der Waals surface area contributed by atoms with Gasteiger partial charge in [0, 0.05) is 23.6 Å². The molecule has 150 valence electrons. The van der Waals surface area contributed by atoms with Gasteiger partial charge in [0.25, 0.3) is 5.69 Å². The fourth-order valence-corrected chi connectivity index (χ4v) is 4.13. The average molecular weight is 395 g/mol. The number of nitrogens with zero attached hydrogens (tertiary/aromatic N) is 3. The van der Waals surface area contributed by atoms with E-state index in [0.29, 0.717) is 5.56 Å². The van der Waals surface area contributed by atoms with Crippen molar-refractivity contribution in [1.82, 2.24) is 5.01 Å². The van der Waals surface area contributed by atoms with E-state index >= 15 is 0 Å². The Kier molecular flexibility index (Phi) is 4.92. The number of benzene rings is 2. The van der Waals surface area contributed by atoms with Gasteiger partial charge in [0.15, 0.2) is 0 Å². The molecule has 2 aromatic carbocycles. The second-order valence-corrected chi connectivity index (χ2v) is 6.99. The van der Waals surface area contributed by atoms with Gasteiger partial charge in [-0.3, -0.25) is 10.1 Å². The standard InChI is InChI=1S/C21H21N3O5/c1-3-29-21(25)23-20(14-5-4-6-15(11-14)24(26)27)18-9-7-13-12-16(28-2)8-10-17(13)19(18)22-23/h4-6,8,10-12,18,20H,3,7,9H2,1-2H3. The topological polar surface area (TPSA) is 94.3 Å². The van der Waals surface area contributed by atoms with Crippen LogP contribution in [0.1, 0.15) is 36.1 Å². The zero-order chi connectivity index (χ0) is 20.5. The third-order valence-corrected chi connectivity index (χ3v) is 5.40. The minimum absolute atomic E-state index is 0.0132. The maximum atomic E-state index is 12.6. The van der Waals surface area contributed by atoms with Crippen LogP contribution in [0, 0.1) is 16.0 Å². The Hall–Kier alpha value is -3.42. The van der Waals surface area contributed by atoms with Crippen LogP contribution in [0.4, 0.5) is 10.5 Å². The molecule has 1 aliphatic heterocycles. The minimum atomic E-state index is -0.555. The zero-order valence-corrected chi connectivity index (χ0v) is 16.2. The highest BCUT2D eigenvalue weighted by Gasteiger charge is 2.45. The highest BCUT2D eigenvalue weighted by Crippen LogP contribution is 2.44. The summed E-state index contributed by atoms with van der Waals surface area (Å²) in [6.45, 7) is 1.96. The smallest absolute Gasteiger partial charge is 0.430 e. The van der Waals surface area contributed by atoms with E-state index in [1.807, 2.05) is 18.2 Å². The Bertz CT molecular complexity index is 1000. The lowest BCUT2D eigenvalue weighted by Crippen LogP contribution is -2.32. The molecule has 1 aliphatic carbocycles. The summed E-state index contributed by atoms with van der Waals surface area (Å²) in [4.78, 5) is 23.5. The number of carbonyl (C=O) groups excluding carboxylic acids is 1. The fraction of sp³-hybridized carbons (Fsp3) is 0.333. The van der Waals surface area contributed by atoms with E-state index in [0.717, 1.165) is 35.4 Å². The maximum Gasteiger partial charge on any atom is 0.430 e. The number of ether oxygens (including phenoxy) is 2. The molecule has 0 fully saturated rings. The largest absolute Gasteiger partial charge is 0.497 e. The van der Waals surface area contributed by atoms with Gasteiger partial charge in [-0.2, -0.15) is 10.1 Å². The van der Waals surface area contributed by atoms with Gasteiger partial charge in [0.05, 0.1) is 30.4 Å². The predicted octanol–water partition coefficient (Wildman–Crippen LogP) is 4.08. The Balaban J connectivity index is 1.78. The van der Waals surface area contributed by atoms with Gasteiger partial charge in [-0.25, -0.2) is 4.79 Å². The molecular formula is C21H21N3O5. The zero-order valence-electron chi connectivity index (χ0n) is 16.2. The summed E-state index contributed by atoms with van der Waals surface area (Å²) in [5, 5.41) is 17.2. The van der Waals surface area contributed by atoms with Gasteiger partial charge in [-0.1, -0.05) is 12.1 Å². The third-order valence-electron chi connectivity index (χ3n) is 5.40. The number of methoxy groups -OCH3 is 1. The van der Waals surface area contributed by atoms with E-state index in [-0.39, 0.29) is 18.2 Å². The molecule has 8 nitrogen and oxygen atoms in total. The van der Waals surface area contributed by atoms with E-state index in [9.17, 15) is 14.9 Å². The van der Waals surface area contributed by atoms with Crippen molar-refractivity contribution in [3.63, 3.8) is 0 Å². The first-order chi connectivity index (χ1) is 14.0. The van der Waals surface area contributed by atoms with Gasteiger partial charge < -0.3 is 9.47 Å². The highest BCUT2D eigenvalue weighted by atomic mass is 16.6. The van der Waals surface area contributed by atoms with Crippen molar-refractivity contribution >= 4 is 17.5 Å². The van der Waals surface area contributed by atoms with Gasteiger partial charge in [0.1, 0.15) is 5.75 Å². The number of aryl methyl sites for hydroxylation is 1. The van der Waals surface area contributed by atoms with Gasteiger partial charge in [0.2, 0.25) is 0 Å². The number of hydrazone groups is 1. The van der Waals surface area contributed by atoms with Crippen LogP contribution in [0.25, 0.3) is 0 Å². The number of nitro groups is 1. The van der Waals surface area contributed by atoms with Crippen molar-refractivity contribution in [3.8, 4) is 5.75 Å².